The molecule has 1 fully saturated rings. The average Bonchev–Trinajstić information content (AvgIpc) is 3.08. The molecule has 1 aliphatic rings. The van der Waals surface area contributed by atoms with Gasteiger partial charge in [0.1, 0.15) is 24.8 Å². The Bertz CT molecular complexity index is 1200. The number of aromatic amines is 1. The van der Waals surface area contributed by atoms with Crippen LogP contribution in [0, 0.1) is 0 Å². The average molecular weight is 373 g/mol. The fourth-order valence-corrected chi connectivity index (χ4v) is 3.81. The third kappa shape index (κ3) is 3.05. The van der Waals surface area contributed by atoms with Crippen LogP contribution in [0.5, 0.6) is 0 Å². The molecule has 1 N–H and O–H groups in total. The number of anilines is 1. The number of piperazine rings is 1. The molecule has 3 aromatic heterocycles. The smallest absolute Gasteiger partial charge is 0.294 e. The highest BCUT2D eigenvalue weighted by Gasteiger charge is 2.19. The van der Waals surface area contributed by atoms with E-state index >= 15 is 0 Å². The van der Waals surface area contributed by atoms with E-state index in [4.69, 9.17) is 9.40 Å². The van der Waals surface area contributed by atoms with Crippen molar-refractivity contribution >= 4 is 41.1 Å². The highest BCUT2D eigenvalue weighted by Crippen LogP contribution is 2.24. The molecule has 0 spiro atoms. The zero-order chi connectivity index (χ0) is 19.1. The summed E-state index contributed by atoms with van der Waals surface area (Å²) in [6.07, 6.45) is 3.69. The number of nitrogens with one attached hydrogen (secondary N) is 1. The zero-order valence-corrected chi connectivity index (χ0v) is 15.7. The van der Waals surface area contributed by atoms with Gasteiger partial charge in [-0.15, -0.1) is 0 Å². The zero-order valence-electron chi connectivity index (χ0n) is 15.7. The van der Waals surface area contributed by atoms with E-state index in [2.05, 4.69) is 25.8 Å². The van der Waals surface area contributed by atoms with Crippen LogP contribution in [0.2, 0.25) is 0 Å². The molecule has 0 unspecified atom stereocenters. The molecule has 8 heteroatoms. The first-order valence-electron chi connectivity index (χ1n) is 9.47. The molecule has 0 amide bonds. The Morgan fingerprint density at radius 3 is 2.82 bits per heavy atom. The summed E-state index contributed by atoms with van der Waals surface area (Å²) >= 11 is 0. The molecule has 4 aromatic rings. The minimum Gasteiger partial charge on any atom is -0.449 e. The number of pyridine rings is 1. The predicted octanol–water partition coefficient (Wildman–Crippen LogP) is 0.645. The van der Waals surface area contributed by atoms with E-state index < -0.39 is 0 Å². The quantitative estimate of drug-likeness (QED) is 0.532. The summed E-state index contributed by atoms with van der Waals surface area (Å²) in [5.74, 6) is 0.677. The number of aromatic nitrogens is 3. The van der Waals surface area contributed by atoms with Crippen molar-refractivity contribution in [3.8, 4) is 0 Å². The largest absolute Gasteiger partial charge is 0.449 e. The van der Waals surface area contributed by atoms with Gasteiger partial charge in [0, 0.05) is 37.8 Å². The Balaban J connectivity index is 1.38. The Labute approximate surface area is 162 Å². The van der Waals surface area contributed by atoms with Crippen LogP contribution in [-0.4, -0.2) is 53.9 Å². The molecule has 28 heavy (non-hydrogen) atoms. The van der Waals surface area contributed by atoms with Crippen molar-refractivity contribution < 1.29 is 4.42 Å². The first kappa shape index (κ1) is 17.0. The van der Waals surface area contributed by atoms with Crippen molar-refractivity contribution in [2.24, 2.45) is 0 Å². The molecule has 0 saturated carbocycles. The highest BCUT2D eigenvalue weighted by molar-refractivity contribution is 6.33. The van der Waals surface area contributed by atoms with Gasteiger partial charge in [-0.3, -0.25) is 14.7 Å². The first-order chi connectivity index (χ1) is 13.7. The lowest BCUT2D eigenvalue weighted by Crippen LogP contribution is -2.46. The van der Waals surface area contributed by atoms with Gasteiger partial charge in [-0.05, 0) is 18.2 Å². The topological polar surface area (TPSA) is 78.3 Å². The van der Waals surface area contributed by atoms with Crippen LogP contribution in [0.15, 0.2) is 51.9 Å². The lowest BCUT2D eigenvalue weighted by Gasteiger charge is -2.35. The van der Waals surface area contributed by atoms with Crippen molar-refractivity contribution in [3.63, 3.8) is 0 Å². The molecule has 1 aliphatic heterocycles. The molecule has 0 aliphatic carbocycles. The maximum atomic E-state index is 12.5. The van der Waals surface area contributed by atoms with E-state index in [1.54, 1.807) is 6.20 Å². The minimum absolute atomic E-state index is 0.220. The molecule has 5 rings (SSSR count). The fraction of sp³-hybridized carbons (Fsp3) is 0.250. The van der Waals surface area contributed by atoms with Crippen LogP contribution in [-0.2, 0) is 6.54 Å². The van der Waals surface area contributed by atoms with E-state index in [-0.39, 0.29) is 5.56 Å². The lowest BCUT2D eigenvalue weighted by molar-refractivity contribution is 0.244. The third-order valence-corrected chi connectivity index (χ3v) is 5.28. The lowest BCUT2D eigenvalue weighted by atomic mass is 9.95. The van der Waals surface area contributed by atoms with Gasteiger partial charge in [0.15, 0.2) is 0 Å². The summed E-state index contributed by atoms with van der Waals surface area (Å²) < 4.78 is 5.71. The number of H-pyrrole nitrogens is 1. The van der Waals surface area contributed by atoms with Crippen LogP contribution in [0.4, 0.5) is 5.69 Å². The Hall–Kier alpha value is -3.13. The van der Waals surface area contributed by atoms with E-state index in [9.17, 15) is 4.79 Å². The van der Waals surface area contributed by atoms with Gasteiger partial charge < -0.3 is 14.3 Å². The maximum Gasteiger partial charge on any atom is 0.294 e. The highest BCUT2D eigenvalue weighted by atomic mass is 16.3. The third-order valence-electron chi connectivity index (χ3n) is 5.28. The van der Waals surface area contributed by atoms with Gasteiger partial charge in [0.25, 0.3) is 5.56 Å². The van der Waals surface area contributed by atoms with Gasteiger partial charge in [-0.2, -0.15) is 0 Å². The van der Waals surface area contributed by atoms with E-state index in [1.165, 1.54) is 0 Å². The van der Waals surface area contributed by atoms with E-state index in [1.807, 2.05) is 38.3 Å². The van der Waals surface area contributed by atoms with Crippen molar-refractivity contribution in [1.82, 2.24) is 19.9 Å². The maximum absolute atomic E-state index is 12.5. The van der Waals surface area contributed by atoms with Crippen LogP contribution in [0.25, 0.3) is 22.1 Å². The predicted molar refractivity (Wildman–Crippen MR) is 112 cm³/mol. The minimum atomic E-state index is -0.220. The van der Waals surface area contributed by atoms with Crippen molar-refractivity contribution in [1.29, 1.82) is 0 Å². The van der Waals surface area contributed by atoms with Gasteiger partial charge in [-0.1, -0.05) is 17.6 Å². The second kappa shape index (κ2) is 6.80. The molecular weight excluding hydrogens is 353 g/mol. The van der Waals surface area contributed by atoms with Gasteiger partial charge in [0.2, 0.25) is 5.58 Å². The summed E-state index contributed by atoms with van der Waals surface area (Å²) in [5.41, 5.74) is 3.68. The number of fused-ring (bicyclic) bond motifs is 3. The Morgan fingerprint density at radius 1 is 1.18 bits per heavy atom. The van der Waals surface area contributed by atoms with Crippen molar-refractivity contribution in [3.05, 3.63) is 58.9 Å². The molecule has 0 bridgehead atoms. The Morgan fingerprint density at radius 2 is 2.04 bits per heavy atom. The molecule has 0 radical (unpaired) electrons. The molecule has 4 heterocycles. The summed E-state index contributed by atoms with van der Waals surface area (Å²) in [6, 6.07) is 9.93. The normalized spacial score (nSPS) is 15.5. The number of nitrogens with zero attached hydrogens (tertiary/aromatic N) is 4. The van der Waals surface area contributed by atoms with Crippen molar-refractivity contribution in [2.45, 2.75) is 6.54 Å². The summed E-state index contributed by atoms with van der Waals surface area (Å²) in [4.78, 5) is 29.0. The molecular formula is C20H20BN5O2. The first-order valence-corrected chi connectivity index (χ1v) is 9.47. The molecule has 7 nitrogen and oxygen atoms in total. The SMILES string of the molecule is Bc1ccc2oc3c(=O)[nH]c(CN4CCN(c5cccnc5)CC4)nc3c2c1. The van der Waals surface area contributed by atoms with E-state index in [0.29, 0.717) is 29.1 Å². The summed E-state index contributed by atoms with van der Waals surface area (Å²) in [5, 5.41) is 0.892. The van der Waals surface area contributed by atoms with Gasteiger partial charge in [-0.25, -0.2) is 4.98 Å². The van der Waals surface area contributed by atoms with Crippen molar-refractivity contribution in [2.75, 3.05) is 31.1 Å². The molecule has 0 atom stereocenters. The number of hydrogen-bond donors (Lipinski definition) is 1. The second-order valence-electron chi connectivity index (χ2n) is 7.27. The monoisotopic (exact) mass is 373 g/mol. The molecule has 1 saturated heterocycles. The number of hydrogen-bond acceptors (Lipinski definition) is 6. The number of rotatable bonds is 3. The summed E-state index contributed by atoms with van der Waals surface area (Å²) in [7, 11) is 2.02. The second-order valence-corrected chi connectivity index (χ2v) is 7.27. The van der Waals surface area contributed by atoms with Crippen LogP contribution < -0.4 is 15.9 Å². The molecule has 140 valence electrons. The standard InChI is InChI=1S/C20H20BN5O2/c21-13-3-4-16-15(10-13)18-19(28-16)20(27)24-17(23-18)12-25-6-8-26(9-7-25)14-2-1-5-22-11-14/h1-5,10-11H,6-9,12,21H2,(H,23,24,27). The molecule has 1 aromatic carbocycles. The summed E-state index contributed by atoms with van der Waals surface area (Å²) in [6.45, 7) is 4.27. The van der Waals surface area contributed by atoms with E-state index in [0.717, 1.165) is 42.7 Å². The fourth-order valence-electron chi connectivity index (χ4n) is 3.81. The number of furan rings is 1. The number of benzene rings is 1. The van der Waals surface area contributed by atoms with Gasteiger partial charge >= 0.3 is 0 Å². The van der Waals surface area contributed by atoms with Gasteiger partial charge in [0.05, 0.1) is 18.4 Å². The Kier molecular flexibility index (Phi) is 4.13. The van der Waals surface area contributed by atoms with Crippen LogP contribution in [0.3, 0.4) is 0 Å². The van der Waals surface area contributed by atoms with Crippen LogP contribution in [0.1, 0.15) is 5.82 Å². The van der Waals surface area contributed by atoms with Crippen LogP contribution >= 0.6 is 0 Å².